The molecule has 2 aliphatic heterocycles. The molecule has 1 amide bonds. The van der Waals surface area contributed by atoms with Gasteiger partial charge in [-0.25, -0.2) is 0 Å². The Morgan fingerprint density at radius 2 is 1.97 bits per heavy atom. The largest absolute Gasteiger partial charge is 0.399 e. The summed E-state index contributed by atoms with van der Waals surface area (Å²) in [5, 5.41) is 1.01. The quantitative estimate of drug-likeness (QED) is 0.624. The lowest BCUT2D eigenvalue weighted by Crippen LogP contribution is -2.46. The van der Waals surface area contributed by atoms with Gasteiger partial charge < -0.3 is 25.1 Å². The number of nitrogen functional groups attached to an aromatic ring is 1. The van der Waals surface area contributed by atoms with Gasteiger partial charge in [-0.1, -0.05) is 0 Å². The number of likely N-dealkylation sites (tertiary alicyclic amines) is 1. The highest BCUT2D eigenvalue weighted by atomic mass is 16.2. The van der Waals surface area contributed by atoms with Gasteiger partial charge in [0.2, 0.25) is 5.91 Å². The Labute approximate surface area is 168 Å². The zero-order chi connectivity index (χ0) is 20.3. The number of aromatic amines is 1. The molecule has 0 bridgehead atoms. The summed E-state index contributed by atoms with van der Waals surface area (Å²) in [6.45, 7) is 3.90. The fourth-order valence-electron chi connectivity index (χ4n) is 4.95. The predicted octanol–water partition coefficient (Wildman–Crippen LogP) is 2.45. The van der Waals surface area contributed by atoms with E-state index in [0.29, 0.717) is 23.8 Å². The van der Waals surface area contributed by atoms with Crippen LogP contribution in [0.5, 0.6) is 0 Å². The molecule has 0 atom stereocenters. The third-order valence-corrected chi connectivity index (χ3v) is 6.41. The van der Waals surface area contributed by atoms with Crippen molar-refractivity contribution in [3.8, 4) is 11.1 Å². The van der Waals surface area contributed by atoms with E-state index >= 15 is 0 Å². The minimum atomic E-state index is -0.0776. The summed E-state index contributed by atoms with van der Waals surface area (Å²) in [5.41, 5.74) is 11.8. The third-order valence-electron chi connectivity index (χ3n) is 6.41. The fraction of sp³-hybridized carbons (Fsp3) is 0.364. The maximum atomic E-state index is 12.5. The van der Waals surface area contributed by atoms with E-state index in [9.17, 15) is 9.59 Å². The molecule has 7 heteroatoms. The van der Waals surface area contributed by atoms with Gasteiger partial charge in [0.15, 0.2) is 0 Å². The number of rotatable bonds is 1. The topological polar surface area (TPSA) is 87.4 Å². The predicted molar refractivity (Wildman–Crippen MR) is 115 cm³/mol. The number of hydrogen-bond donors (Lipinski definition) is 2. The molecule has 7 nitrogen and oxygen atoms in total. The number of nitrogens with one attached hydrogen (secondary N) is 1. The molecule has 1 aromatic carbocycles. The molecule has 4 heterocycles. The number of nitrogens with two attached hydrogens (primary N) is 1. The molecule has 1 fully saturated rings. The second-order valence-corrected chi connectivity index (χ2v) is 8.16. The molecule has 29 heavy (non-hydrogen) atoms. The highest BCUT2D eigenvalue weighted by molar-refractivity contribution is 6.02. The molecule has 0 radical (unpaired) electrons. The normalized spacial score (nSPS) is 16.8. The molecule has 0 aliphatic carbocycles. The van der Waals surface area contributed by atoms with Gasteiger partial charge in [0, 0.05) is 79.9 Å². The van der Waals surface area contributed by atoms with Crippen LogP contribution in [0.1, 0.15) is 25.3 Å². The van der Waals surface area contributed by atoms with Crippen LogP contribution in [0.25, 0.3) is 22.0 Å². The van der Waals surface area contributed by atoms with E-state index < -0.39 is 0 Å². The number of fused-ring (bicyclic) bond motifs is 2. The summed E-state index contributed by atoms with van der Waals surface area (Å²) < 4.78 is 1.90. The summed E-state index contributed by atoms with van der Waals surface area (Å²) in [4.78, 5) is 31.5. The fourth-order valence-corrected chi connectivity index (χ4v) is 4.95. The van der Waals surface area contributed by atoms with E-state index in [1.807, 2.05) is 41.0 Å². The van der Waals surface area contributed by atoms with Crippen molar-refractivity contribution in [2.75, 3.05) is 23.7 Å². The van der Waals surface area contributed by atoms with Gasteiger partial charge >= 0.3 is 0 Å². The first-order chi connectivity index (χ1) is 13.9. The van der Waals surface area contributed by atoms with Crippen LogP contribution in [0.2, 0.25) is 0 Å². The van der Waals surface area contributed by atoms with Gasteiger partial charge in [-0.05, 0) is 36.6 Å². The number of carbonyl (C=O) groups excluding carboxylic acids is 1. The van der Waals surface area contributed by atoms with E-state index in [1.54, 1.807) is 6.92 Å². The number of hydrogen-bond acceptors (Lipinski definition) is 4. The van der Waals surface area contributed by atoms with E-state index in [4.69, 9.17) is 5.73 Å². The van der Waals surface area contributed by atoms with Gasteiger partial charge in [0.1, 0.15) is 5.52 Å². The van der Waals surface area contributed by atoms with Gasteiger partial charge in [0.25, 0.3) is 5.56 Å². The zero-order valence-electron chi connectivity index (χ0n) is 16.7. The first-order valence-corrected chi connectivity index (χ1v) is 10.1. The average Bonchev–Trinajstić information content (AvgIpc) is 3.00. The SMILES string of the molecule is CC(=O)N1CCC(N2Cc3c[nH]c(=O)c4c3c(cn4C)-c3cc(N)ccc32)CC1. The number of piperidine rings is 1. The van der Waals surface area contributed by atoms with Crippen molar-refractivity contribution < 1.29 is 4.79 Å². The second-order valence-electron chi connectivity index (χ2n) is 8.16. The molecule has 2 aliphatic rings. The molecule has 3 N–H and O–H groups in total. The van der Waals surface area contributed by atoms with Crippen LogP contribution < -0.4 is 16.2 Å². The smallest absolute Gasteiger partial charge is 0.272 e. The van der Waals surface area contributed by atoms with Crippen molar-refractivity contribution in [3.05, 3.63) is 46.5 Å². The lowest BCUT2D eigenvalue weighted by atomic mass is 9.99. The molecule has 0 saturated carbocycles. The third kappa shape index (κ3) is 2.72. The first kappa shape index (κ1) is 17.8. The van der Waals surface area contributed by atoms with Crippen LogP contribution in [0.3, 0.4) is 0 Å². The number of H-pyrrole nitrogens is 1. The first-order valence-electron chi connectivity index (χ1n) is 10.1. The lowest BCUT2D eigenvalue weighted by molar-refractivity contribution is -0.129. The maximum absolute atomic E-state index is 12.5. The molecule has 0 spiro atoms. The zero-order valence-corrected chi connectivity index (χ0v) is 16.7. The second kappa shape index (κ2) is 6.40. The number of carbonyl (C=O) groups is 1. The molecule has 1 saturated heterocycles. The molecule has 3 aromatic rings. The van der Waals surface area contributed by atoms with Gasteiger partial charge in [-0.3, -0.25) is 9.59 Å². The van der Waals surface area contributed by atoms with E-state index in [0.717, 1.165) is 53.7 Å². The summed E-state index contributed by atoms with van der Waals surface area (Å²) in [7, 11) is 1.91. The summed E-state index contributed by atoms with van der Waals surface area (Å²) in [6.07, 6.45) is 5.73. The van der Waals surface area contributed by atoms with Crippen LogP contribution in [0.15, 0.2) is 35.4 Å². The van der Waals surface area contributed by atoms with Crippen molar-refractivity contribution in [2.24, 2.45) is 7.05 Å². The van der Waals surface area contributed by atoms with Crippen LogP contribution in [-0.4, -0.2) is 39.5 Å². The monoisotopic (exact) mass is 391 g/mol. The highest BCUT2D eigenvalue weighted by Crippen LogP contribution is 2.43. The minimum absolute atomic E-state index is 0.0776. The Morgan fingerprint density at radius 3 is 2.69 bits per heavy atom. The number of anilines is 2. The van der Waals surface area contributed by atoms with Gasteiger partial charge in [-0.15, -0.1) is 0 Å². The standard InChI is InChI=1S/C22H25N5O2/c1-13(28)26-7-5-16(6-8-26)27-11-14-10-24-22(29)21-20(14)18(12-25(21)2)17-9-15(23)3-4-19(17)27/h3-4,9-10,12,16H,5-8,11,23H2,1-2H3,(H,24,29). The Balaban J connectivity index is 1.66. The molecule has 5 rings (SSSR count). The maximum Gasteiger partial charge on any atom is 0.272 e. The average molecular weight is 391 g/mol. The number of aryl methyl sites for hydroxylation is 1. The van der Waals surface area contributed by atoms with Crippen molar-refractivity contribution in [1.82, 2.24) is 14.5 Å². The Morgan fingerprint density at radius 1 is 1.21 bits per heavy atom. The number of amides is 1. The summed E-state index contributed by atoms with van der Waals surface area (Å²) in [5.74, 6) is 0.141. The van der Waals surface area contributed by atoms with Crippen molar-refractivity contribution in [3.63, 3.8) is 0 Å². The highest BCUT2D eigenvalue weighted by Gasteiger charge is 2.31. The molecule has 0 unspecified atom stereocenters. The van der Waals surface area contributed by atoms with Crippen LogP contribution in [0, 0.1) is 0 Å². The van der Waals surface area contributed by atoms with Crippen molar-refractivity contribution in [1.29, 1.82) is 0 Å². The Bertz CT molecular complexity index is 1180. The van der Waals surface area contributed by atoms with Gasteiger partial charge in [-0.2, -0.15) is 0 Å². The molecular weight excluding hydrogens is 366 g/mol. The van der Waals surface area contributed by atoms with Crippen LogP contribution in [0.4, 0.5) is 11.4 Å². The number of aromatic nitrogens is 2. The summed E-state index contributed by atoms with van der Waals surface area (Å²) in [6, 6.07) is 6.37. The van der Waals surface area contributed by atoms with Crippen molar-refractivity contribution in [2.45, 2.75) is 32.4 Å². The van der Waals surface area contributed by atoms with E-state index in [2.05, 4.69) is 16.0 Å². The molecular formula is C22H25N5O2. The lowest BCUT2D eigenvalue weighted by Gasteiger charge is -2.40. The number of pyridine rings is 1. The Hall–Kier alpha value is -3.22. The number of nitrogens with zero attached hydrogens (tertiary/aromatic N) is 3. The molecule has 2 aromatic heterocycles. The van der Waals surface area contributed by atoms with E-state index in [1.165, 1.54) is 0 Å². The Kier molecular flexibility index (Phi) is 3.94. The van der Waals surface area contributed by atoms with E-state index in [-0.39, 0.29) is 11.5 Å². The minimum Gasteiger partial charge on any atom is -0.399 e. The van der Waals surface area contributed by atoms with Crippen LogP contribution in [-0.2, 0) is 18.4 Å². The van der Waals surface area contributed by atoms with Crippen molar-refractivity contribution >= 4 is 28.2 Å². The molecule has 150 valence electrons. The summed E-state index contributed by atoms with van der Waals surface area (Å²) >= 11 is 0. The number of benzene rings is 1. The van der Waals surface area contributed by atoms with Crippen LogP contribution >= 0.6 is 0 Å². The van der Waals surface area contributed by atoms with Gasteiger partial charge in [0.05, 0.1) is 0 Å².